The molecule has 5 heteroatoms. The summed E-state index contributed by atoms with van der Waals surface area (Å²) in [5.41, 5.74) is 0. The van der Waals surface area contributed by atoms with Gasteiger partial charge in [-0.25, -0.2) is 4.79 Å². The van der Waals surface area contributed by atoms with Crippen LogP contribution >= 0.6 is 22.6 Å². The van der Waals surface area contributed by atoms with Gasteiger partial charge in [-0.15, -0.1) is 0 Å². The molecule has 1 saturated heterocycles. The van der Waals surface area contributed by atoms with Gasteiger partial charge in [0, 0.05) is 0 Å². The van der Waals surface area contributed by atoms with Gasteiger partial charge in [-0.05, 0) is 10.8 Å². The van der Waals surface area contributed by atoms with Crippen molar-refractivity contribution in [3.63, 3.8) is 0 Å². The minimum atomic E-state index is -0.398. The molecule has 3 amide bonds. The van der Waals surface area contributed by atoms with Crippen molar-refractivity contribution >= 4 is 34.5 Å². The maximum absolute atomic E-state index is 10.1. The quantitative estimate of drug-likeness (QED) is 0.417. The lowest BCUT2D eigenvalue weighted by atomic mass is 10.6. The number of rotatable bonds is 1. The smallest absolute Gasteiger partial charge is 0.321 e. The Morgan fingerprint density at radius 3 is 2.18 bits per heavy atom. The largest absolute Gasteiger partial charge is 0.329 e. The van der Waals surface area contributed by atoms with Gasteiger partial charge in [-0.1, -0.05) is 29.5 Å². The summed E-state index contributed by atoms with van der Waals surface area (Å²) < 4.78 is 1.29. The summed E-state index contributed by atoms with van der Waals surface area (Å²) in [7, 11) is 0. The third-order valence-electron chi connectivity index (χ3n) is 0.851. The highest BCUT2D eigenvalue weighted by atomic mass is 127. The number of imide groups is 1. The first-order valence-electron chi connectivity index (χ1n) is 3.34. The maximum atomic E-state index is 10.1. The van der Waals surface area contributed by atoms with Crippen molar-refractivity contribution in [2.45, 2.75) is 13.3 Å². The normalized spacial score (nSPS) is 14.7. The van der Waals surface area contributed by atoms with Crippen LogP contribution in [0, 0.1) is 0 Å². The van der Waals surface area contributed by atoms with E-state index in [0.29, 0.717) is 0 Å². The molecular formula is C6H11IN2O2. The third-order valence-corrected chi connectivity index (χ3v) is 1.93. The van der Waals surface area contributed by atoms with Crippen molar-refractivity contribution < 1.29 is 9.59 Å². The van der Waals surface area contributed by atoms with Crippen molar-refractivity contribution in [2.75, 3.05) is 11.0 Å². The molecule has 0 aromatic heterocycles. The zero-order valence-electron chi connectivity index (χ0n) is 6.32. The topological polar surface area (TPSA) is 58.2 Å². The van der Waals surface area contributed by atoms with Crippen molar-refractivity contribution in [1.82, 2.24) is 10.6 Å². The molecule has 0 atom stereocenters. The summed E-state index contributed by atoms with van der Waals surface area (Å²) in [4.78, 5) is 20.1. The highest BCUT2D eigenvalue weighted by Gasteiger charge is 2.14. The van der Waals surface area contributed by atoms with Crippen LogP contribution in [0.2, 0.25) is 0 Å². The number of hydrogen-bond donors (Lipinski definition) is 2. The Hall–Kier alpha value is -0.330. The van der Waals surface area contributed by atoms with Crippen LogP contribution in [-0.4, -0.2) is 22.9 Å². The number of amides is 3. The van der Waals surface area contributed by atoms with E-state index in [4.69, 9.17) is 0 Å². The summed E-state index contributed by atoms with van der Waals surface area (Å²) in [6.07, 6.45) is 1.31. The van der Waals surface area contributed by atoms with Crippen LogP contribution in [0.1, 0.15) is 13.3 Å². The minimum absolute atomic E-state index is 0.124. The lowest BCUT2D eigenvalue weighted by Crippen LogP contribution is -2.22. The number of hydrogen-bond acceptors (Lipinski definition) is 2. The molecule has 64 valence electrons. The molecule has 11 heavy (non-hydrogen) atoms. The molecule has 0 unspecified atom stereocenters. The fourth-order valence-electron chi connectivity index (χ4n) is 0.376. The number of carbonyl (C=O) groups is 2. The first kappa shape index (κ1) is 10.7. The number of nitrogens with one attached hydrogen (secondary N) is 2. The molecule has 0 bridgehead atoms. The zero-order chi connectivity index (χ0) is 8.69. The fourth-order valence-corrected chi connectivity index (χ4v) is 0.376. The van der Waals surface area contributed by atoms with Crippen molar-refractivity contribution in [1.29, 1.82) is 0 Å². The molecule has 1 aliphatic heterocycles. The van der Waals surface area contributed by atoms with E-state index >= 15 is 0 Å². The summed E-state index contributed by atoms with van der Waals surface area (Å²) in [5.74, 6) is -0.259. The van der Waals surface area contributed by atoms with E-state index in [1.54, 1.807) is 0 Å². The Morgan fingerprint density at radius 2 is 2.09 bits per heavy atom. The van der Waals surface area contributed by atoms with Crippen LogP contribution < -0.4 is 10.6 Å². The summed E-state index contributed by atoms with van der Waals surface area (Å²) in [6.45, 7) is 2.30. The molecule has 0 aliphatic carbocycles. The second-order valence-electron chi connectivity index (χ2n) is 1.92. The summed E-state index contributed by atoms with van der Waals surface area (Å²) in [6, 6.07) is -0.398. The monoisotopic (exact) mass is 270 g/mol. The Morgan fingerprint density at radius 1 is 1.55 bits per heavy atom. The number of alkyl halides is 1. The highest BCUT2D eigenvalue weighted by molar-refractivity contribution is 14.1. The van der Waals surface area contributed by atoms with Gasteiger partial charge in [0.25, 0.3) is 0 Å². The standard InChI is InChI=1S/C3H7I.C3H4N2O2/c1-2-3-4;6-2-1-4-3(7)5-2/h2-3H2,1H3;1H2,(H2,4,5,6,7). The van der Waals surface area contributed by atoms with Gasteiger partial charge in [-0.3, -0.25) is 10.1 Å². The molecule has 0 spiro atoms. The maximum Gasteiger partial charge on any atom is 0.321 e. The van der Waals surface area contributed by atoms with E-state index in [0.717, 1.165) is 0 Å². The molecule has 0 aromatic rings. The fraction of sp³-hybridized carbons (Fsp3) is 0.667. The lowest BCUT2D eigenvalue weighted by molar-refractivity contribution is -0.117. The van der Waals surface area contributed by atoms with Gasteiger partial charge in [-0.2, -0.15) is 0 Å². The molecule has 1 fully saturated rings. The summed E-state index contributed by atoms with van der Waals surface area (Å²) >= 11 is 2.35. The molecule has 1 heterocycles. The van der Waals surface area contributed by atoms with E-state index in [-0.39, 0.29) is 12.5 Å². The minimum Gasteiger partial charge on any atom is -0.329 e. The highest BCUT2D eigenvalue weighted by Crippen LogP contribution is 1.81. The number of halogens is 1. The van der Waals surface area contributed by atoms with E-state index < -0.39 is 6.03 Å². The van der Waals surface area contributed by atoms with Gasteiger partial charge in [0.15, 0.2) is 0 Å². The second-order valence-corrected chi connectivity index (χ2v) is 3.00. The SMILES string of the molecule is CCCI.O=C1CNC(=O)N1. The molecule has 0 saturated carbocycles. The molecule has 1 rings (SSSR count). The molecule has 0 radical (unpaired) electrons. The van der Waals surface area contributed by atoms with Gasteiger partial charge in [0.1, 0.15) is 0 Å². The summed E-state index contributed by atoms with van der Waals surface area (Å²) in [5, 5.41) is 4.30. The Balaban J connectivity index is 0.000000218. The predicted octanol–water partition coefficient (Wildman–Crippen LogP) is 0.657. The second kappa shape index (κ2) is 6.38. The number of carbonyl (C=O) groups excluding carboxylic acids is 2. The van der Waals surface area contributed by atoms with Gasteiger partial charge < -0.3 is 5.32 Å². The van der Waals surface area contributed by atoms with Crippen LogP contribution in [0.3, 0.4) is 0 Å². The molecule has 0 aromatic carbocycles. The number of urea groups is 1. The van der Waals surface area contributed by atoms with Crippen molar-refractivity contribution in [2.24, 2.45) is 0 Å². The van der Waals surface area contributed by atoms with Gasteiger partial charge >= 0.3 is 6.03 Å². The molecule has 4 nitrogen and oxygen atoms in total. The average molecular weight is 270 g/mol. The average Bonchev–Trinajstić information content (AvgIpc) is 2.35. The van der Waals surface area contributed by atoms with Crippen LogP contribution in [0.5, 0.6) is 0 Å². The van der Waals surface area contributed by atoms with E-state index in [2.05, 4.69) is 34.8 Å². The van der Waals surface area contributed by atoms with Crippen LogP contribution in [0.4, 0.5) is 4.79 Å². The predicted molar refractivity (Wildman–Crippen MR) is 50.7 cm³/mol. The van der Waals surface area contributed by atoms with E-state index in [9.17, 15) is 9.59 Å². The first-order valence-corrected chi connectivity index (χ1v) is 4.87. The lowest BCUT2D eigenvalue weighted by Gasteiger charge is -1.78. The zero-order valence-corrected chi connectivity index (χ0v) is 8.47. The van der Waals surface area contributed by atoms with E-state index in [1.165, 1.54) is 10.8 Å². The molecule has 1 aliphatic rings. The van der Waals surface area contributed by atoms with Gasteiger partial charge in [0.05, 0.1) is 6.54 Å². The van der Waals surface area contributed by atoms with Crippen LogP contribution in [0.25, 0.3) is 0 Å². The molecule has 2 N–H and O–H groups in total. The first-order chi connectivity index (χ1) is 5.20. The Bertz CT molecular complexity index is 134. The van der Waals surface area contributed by atoms with E-state index in [1.807, 2.05) is 5.32 Å². The third kappa shape index (κ3) is 6.08. The van der Waals surface area contributed by atoms with Crippen molar-refractivity contribution in [3.8, 4) is 0 Å². The Kier molecular flexibility index (Phi) is 6.19. The molecular weight excluding hydrogens is 259 g/mol. The van der Waals surface area contributed by atoms with Crippen molar-refractivity contribution in [3.05, 3.63) is 0 Å². The van der Waals surface area contributed by atoms with Crippen LogP contribution in [-0.2, 0) is 4.79 Å². The Labute approximate surface area is 79.2 Å². The van der Waals surface area contributed by atoms with Gasteiger partial charge in [0.2, 0.25) is 5.91 Å². The van der Waals surface area contributed by atoms with Crippen LogP contribution in [0.15, 0.2) is 0 Å².